The average Bonchev–Trinajstić information content (AvgIpc) is 2.48. The molecule has 0 fully saturated rings. The fraction of sp³-hybridized carbons (Fsp3) is 0.600. The number of nitrogens with one attached hydrogen (secondary N) is 1. The van der Waals surface area contributed by atoms with Crippen LogP contribution in [0, 0.1) is 0 Å². The molecule has 1 unspecified atom stereocenters. The highest BCUT2D eigenvalue weighted by Gasteiger charge is 2.27. The van der Waals surface area contributed by atoms with Crippen molar-refractivity contribution in [2.24, 2.45) is 0 Å². The zero-order valence-corrected chi connectivity index (χ0v) is 8.66. The molecular formula is C10H16N3O+. The van der Waals surface area contributed by atoms with Crippen LogP contribution in [0.5, 0.6) is 0 Å². The number of hydrogen-bond donors (Lipinski definition) is 1. The zero-order chi connectivity index (χ0) is 10.1. The first-order valence-corrected chi connectivity index (χ1v) is 5.12. The standard InChI is InChI=1S/C10H15N3O/c1-3-4-12-6-9-5-8(2)11-10(14)13(9)7-12/h6-8H,3-5H2,1-2H3/p+1. The van der Waals surface area contributed by atoms with Crippen LogP contribution in [0.2, 0.25) is 0 Å². The molecule has 1 aromatic rings. The molecule has 1 atom stereocenters. The van der Waals surface area contributed by atoms with Gasteiger partial charge < -0.3 is 5.32 Å². The minimum Gasteiger partial charge on any atom is -0.315 e. The Morgan fingerprint density at radius 1 is 1.71 bits per heavy atom. The van der Waals surface area contributed by atoms with E-state index in [-0.39, 0.29) is 12.1 Å². The Hall–Kier alpha value is -1.32. The summed E-state index contributed by atoms with van der Waals surface area (Å²) in [5.41, 5.74) is 1.11. The summed E-state index contributed by atoms with van der Waals surface area (Å²) >= 11 is 0. The molecule has 0 aromatic carbocycles. The Kier molecular flexibility index (Phi) is 2.27. The number of carbonyl (C=O) groups excluding carboxylic acids is 1. The molecule has 1 aliphatic heterocycles. The molecule has 0 radical (unpaired) electrons. The van der Waals surface area contributed by atoms with E-state index in [9.17, 15) is 4.79 Å². The molecule has 2 rings (SSSR count). The number of carbonyl (C=O) groups is 1. The van der Waals surface area contributed by atoms with Crippen LogP contribution in [0.3, 0.4) is 0 Å². The van der Waals surface area contributed by atoms with Gasteiger partial charge in [-0.3, -0.25) is 0 Å². The van der Waals surface area contributed by atoms with E-state index >= 15 is 0 Å². The largest absolute Gasteiger partial charge is 0.413 e. The molecule has 1 amide bonds. The van der Waals surface area contributed by atoms with Crippen molar-refractivity contribution in [3.05, 3.63) is 18.2 Å². The van der Waals surface area contributed by atoms with Gasteiger partial charge in [-0.1, -0.05) is 6.92 Å². The third-order valence-electron chi connectivity index (χ3n) is 2.47. The number of nitrogens with zero attached hydrogens (tertiary/aromatic N) is 2. The van der Waals surface area contributed by atoms with Crippen LogP contribution in [-0.4, -0.2) is 16.6 Å². The number of aromatic nitrogens is 2. The van der Waals surface area contributed by atoms with E-state index < -0.39 is 0 Å². The van der Waals surface area contributed by atoms with Gasteiger partial charge in [0.15, 0.2) is 5.69 Å². The van der Waals surface area contributed by atoms with E-state index in [0.717, 1.165) is 25.1 Å². The number of imidazole rings is 1. The smallest absolute Gasteiger partial charge is 0.315 e. The third-order valence-corrected chi connectivity index (χ3v) is 2.47. The quantitative estimate of drug-likeness (QED) is 0.691. The van der Waals surface area contributed by atoms with E-state index in [1.165, 1.54) is 0 Å². The molecule has 0 aliphatic carbocycles. The molecule has 1 N–H and O–H groups in total. The first kappa shape index (κ1) is 9.24. The van der Waals surface area contributed by atoms with Crippen LogP contribution in [0.15, 0.2) is 12.5 Å². The fourth-order valence-corrected chi connectivity index (χ4v) is 1.87. The fourth-order valence-electron chi connectivity index (χ4n) is 1.87. The molecule has 2 heterocycles. The molecular weight excluding hydrogens is 178 g/mol. The molecule has 0 saturated carbocycles. The number of amides is 1. The third kappa shape index (κ3) is 1.52. The summed E-state index contributed by atoms with van der Waals surface area (Å²) in [6.45, 7) is 5.13. The van der Waals surface area contributed by atoms with Gasteiger partial charge in [0.05, 0.1) is 6.54 Å². The van der Waals surface area contributed by atoms with Crippen LogP contribution in [0.4, 0.5) is 4.79 Å². The van der Waals surface area contributed by atoms with Gasteiger partial charge in [0, 0.05) is 12.5 Å². The molecule has 0 saturated heterocycles. The van der Waals surface area contributed by atoms with Gasteiger partial charge in [0.25, 0.3) is 6.33 Å². The second kappa shape index (κ2) is 3.44. The molecule has 4 heteroatoms. The lowest BCUT2D eigenvalue weighted by atomic mass is 10.1. The maximum absolute atomic E-state index is 11.6. The van der Waals surface area contributed by atoms with Gasteiger partial charge in [0.1, 0.15) is 6.20 Å². The van der Waals surface area contributed by atoms with Gasteiger partial charge in [-0.15, -0.1) is 4.57 Å². The summed E-state index contributed by atoms with van der Waals surface area (Å²) in [6.07, 6.45) is 5.95. The Bertz CT molecular complexity index is 356. The van der Waals surface area contributed by atoms with Crippen LogP contribution < -0.4 is 9.88 Å². The monoisotopic (exact) mass is 194 g/mol. The van der Waals surface area contributed by atoms with E-state index in [2.05, 4.69) is 23.0 Å². The summed E-state index contributed by atoms with van der Waals surface area (Å²) in [6, 6.07) is 0.244. The maximum Gasteiger partial charge on any atom is 0.413 e. The van der Waals surface area contributed by atoms with Gasteiger partial charge in [0.2, 0.25) is 0 Å². The van der Waals surface area contributed by atoms with Gasteiger partial charge in [-0.05, 0) is 13.3 Å². The second-order valence-electron chi connectivity index (χ2n) is 3.90. The van der Waals surface area contributed by atoms with Crippen molar-refractivity contribution in [1.82, 2.24) is 9.88 Å². The number of hydrogen-bond acceptors (Lipinski definition) is 1. The molecule has 1 aliphatic rings. The van der Waals surface area contributed by atoms with Gasteiger partial charge >= 0.3 is 6.03 Å². The predicted octanol–water partition coefficient (Wildman–Crippen LogP) is 0.688. The van der Waals surface area contributed by atoms with Crippen molar-refractivity contribution >= 4 is 6.03 Å². The van der Waals surface area contributed by atoms with Crippen molar-refractivity contribution in [1.29, 1.82) is 0 Å². The second-order valence-corrected chi connectivity index (χ2v) is 3.90. The summed E-state index contributed by atoms with van der Waals surface area (Å²) in [5, 5.41) is 2.90. The summed E-state index contributed by atoms with van der Waals surface area (Å²) < 4.78 is 3.78. The van der Waals surface area contributed by atoms with Gasteiger partial charge in [-0.2, -0.15) is 0 Å². The van der Waals surface area contributed by atoms with E-state index in [1.807, 2.05) is 13.3 Å². The Morgan fingerprint density at radius 3 is 3.21 bits per heavy atom. The van der Waals surface area contributed by atoms with Crippen molar-refractivity contribution in [3.8, 4) is 0 Å². The van der Waals surface area contributed by atoms with Crippen LogP contribution in [-0.2, 0) is 13.0 Å². The predicted molar refractivity (Wildman–Crippen MR) is 52.0 cm³/mol. The van der Waals surface area contributed by atoms with Crippen LogP contribution in [0.1, 0.15) is 26.0 Å². The SMILES string of the molecule is CCC[n+]1cc2n(c1)C(=O)NC(C)C2. The lowest BCUT2D eigenvalue weighted by Crippen LogP contribution is -2.42. The Morgan fingerprint density at radius 2 is 2.50 bits per heavy atom. The van der Waals surface area contributed by atoms with E-state index in [4.69, 9.17) is 0 Å². The number of rotatable bonds is 2. The highest BCUT2D eigenvalue weighted by molar-refractivity contribution is 5.78. The highest BCUT2D eigenvalue weighted by atomic mass is 16.2. The van der Waals surface area contributed by atoms with E-state index in [1.54, 1.807) is 4.57 Å². The molecule has 14 heavy (non-hydrogen) atoms. The normalized spacial score (nSPS) is 20.4. The first-order valence-electron chi connectivity index (χ1n) is 5.12. The topological polar surface area (TPSA) is 37.9 Å². The average molecular weight is 194 g/mol. The highest BCUT2D eigenvalue weighted by Crippen LogP contribution is 2.07. The first-order chi connectivity index (χ1) is 6.70. The number of aryl methyl sites for hydroxylation is 1. The minimum absolute atomic E-state index is 0.00592. The van der Waals surface area contributed by atoms with Gasteiger partial charge in [-0.25, -0.2) is 9.36 Å². The Labute approximate surface area is 83.5 Å². The minimum atomic E-state index is -0.00592. The van der Waals surface area contributed by atoms with Crippen LogP contribution >= 0.6 is 0 Å². The Balaban J connectivity index is 2.30. The summed E-state index contributed by atoms with van der Waals surface area (Å²) in [5.74, 6) is 0. The van der Waals surface area contributed by atoms with Crippen molar-refractivity contribution in [2.45, 2.75) is 39.3 Å². The van der Waals surface area contributed by atoms with E-state index in [0.29, 0.717) is 0 Å². The van der Waals surface area contributed by atoms with Crippen molar-refractivity contribution < 1.29 is 9.36 Å². The van der Waals surface area contributed by atoms with Crippen LogP contribution in [0.25, 0.3) is 0 Å². The molecule has 0 spiro atoms. The molecule has 0 bridgehead atoms. The van der Waals surface area contributed by atoms with Crippen molar-refractivity contribution in [3.63, 3.8) is 0 Å². The zero-order valence-electron chi connectivity index (χ0n) is 8.66. The molecule has 76 valence electrons. The lowest BCUT2D eigenvalue weighted by Gasteiger charge is -2.15. The lowest BCUT2D eigenvalue weighted by molar-refractivity contribution is -0.696. The van der Waals surface area contributed by atoms with Crippen molar-refractivity contribution in [2.75, 3.05) is 0 Å². The summed E-state index contributed by atoms with van der Waals surface area (Å²) in [7, 11) is 0. The molecule has 4 nitrogen and oxygen atoms in total. The number of fused-ring (bicyclic) bond motifs is 1. The molecule has 1 aromatic heterocycles. The summed E-state index contributed by atoms with van der Waals surface area (Å²) in [4.78, 5) is 11.6. The maximum atomic E-state index is 11.6.